The Bertz CT molecular complexity index is 1060. The first-order chi connectivity index (χ1) is 15.1. The van der Waals surface area contributed by atoms with Gasteiger partial charge in [0.25, 0.3) is 5.91 Å². The molecule has 1 amide bonds. The maximum atomic E-state index is 13.2. The van der Waals surface area contributed by atoms with Crippen LogP contribution in [-0.2, 0) is 6.54 Å². The second-order valence-corrected chi connectivity index (χ2v) is 9.85. The number of nitrogens with zero attached hydrogens (tertiary/aromatic N) is 4. The lowest BCUT2D eigenvalue weighted by atomic mass is 10.00. The zero-order valence-electron chi connectivity index (χ0n) is 18.0. The molecule has 164 valence electrons. The summed E-state index contributed by atoms with van der Waals surface area (Å²) in [6.07, 6.45) is 6.14. The van der Waals surface area contributed by atoms with Gasteiger partial charge in [0.05, 0.1) is 17.1 Å². The Hall–Kier alpha value is -2.25. The van der Waals surface area contributed by atoms with Gasteiger partial charge >= 0.3 is 0 Å². The fourth-order valence-electron chi connectivity index (χ4n) is 4.96. The molecule has 31 heavy (non-hydrogen) atoms. The number of benzene rings is 1. The minimum absolute atomic E-state index is 0.144. The molecule has 0 N–H and O–H groups in total. The van der Waals surface area contributed by atoms with Gasteiger partial charge in [-0.2, -0.15) is 5.10 Å². The second kappa shape index (κ2) is 8.71. The van der Waals surface area contributed by atoms with E-state index < -0.39 is 0 Å². The number of fused-ring (bicyclic) bond motifs is 1. The van der Waals surface area contributed by atoms with Crippen molar-refractivity contribution < 1.29 is 9.18 Å². The third-order valence-electron chi connectivity index (χ3n) is 6.72. The summed E-state index contributed by atoms with van der Waals surface area (Å²) < 4.78 is 15.1. The topological polar surface area (TPSA) is 41.4 Å². The van der Waals surface area contributed by atoms with Crippen LogP contribution in [0.4, 0.5) is 4.39 Å². The molecule has 5 nitrogen and oxygen atoms in total. The molecular formula is C24H29FN4OS. The average molecular weight is 441 g/mol. The van der Waals surface area contributed by atoms with Crippen LogP contribution in [-0.4, -0.2) is 57.7 Å². The number of amides is 1. The Kier molecular flexibility index (Phi) is 5.80. The van der Waals surface area contributed by atoms with E-state index in [4.69, 9.17) is 0 Å². The van der Waals surface area contributed by atoms with Crippen LogP contribution in [0.1, 0.15) is 53.0 Å². The summed E-state index contributed by atoms with van der Waals surface area (Å²) in [6, 6.07) is 9.15. The number of piperidine rings is 2. The van der Waals surface area contributed by atoms with Gasteiger partial charge in [0.2, 0.25) is 0 Å². The van der Waals surface area contributed by atoms with Gasteiger partial charge in [-0.15, -0.1) is 11.3 Å². The van der Waals surface area contributed by atoms with Crippen molar-refractivity contribution in [2.45, 2.75) is 51.6 Å². The SMILES string of the molecule is Cc1nn(Cc2ccc(F)cc2)c2sc(C(=O)N3CCC(N4CCCCC4)CC3)cc12. The lowest BCUT2D eigenvalue weighted by molar-refractivity contribution is 0.0594. The first-order valence-corrected chi connectivity index (χ1v) is 12.1. The normalized spacial score (nSPS) is 18.7. The van der Waals surface area contributed by atoms with Crippen molar-refractivity contribution in [3.63, 3.8) is 0 Å². The Labute approximate surface area is 186 Å². The van der Waals surface area contributed by atoms with Gasteiger partial charge in [0, 0.05) is 24.5 Å². The monoisotopic (exact) mass is 440 g/mol. The van der Waals surface area contributed by atoms with Crippen molar-refractivity contribution >= 4 is 27.5 Å². The van der Waals surface area contributed by atoms with Crippen molar-refractivity contribution in [1.29, 1.82) is 0 Å². The number of carbonyl (C=O) groups is 1. The molecule has 2 aromatic heterocycles. The molecule has 0 unspecified atom stereocenters. The van der Waals surface area contributed by atoms with E-state index in [1.54, 1.807) is 12.1 Å². The molecule has 2 aliphatic rings. The van der Waals surface area contributed by atoms with Crippen LogP contribution in [0.15, 0.2) is 30.3 Å². The van der Waals surface area contributed by atoms with E-state index in [-0.39, 0.29) is 11.7 Å². The minimum atomic E-state index is -0.237. The highest BCUT2D eigenvalue weighted by Gasteiger charge is 2.29. The van der Waals surface area contributed by atoms with Crippen LogP contribution < -0.4 is 0 Å². The van der Waals surface area contributed by atoms with Crippen LogP contribution in [0.25, 0.3) is 10.2 Å². The Balaban J connectivity index is 1.29. The standard InChI is InChI=1S/C24H29FN4OS/c1-17-21-15-22(31-24(21)29(26-17)16-18-5-7-19(25)8-6-18)23(30)28-13-9-20(10-14-28)27-11-3-2-4-12-27/h5-8,15,20H,2-4,9-14,16H2,1H3. The molecule has 0 saturated carbocycles. The van der Waals surface area contributed by atoms with Crippen molar-refractivity contribution in [2.24, 2.45) is 0 Å². The molecule has 3 aromatic rings. The number of likely N-dealkylation sites (tertiary alicyclic amines) is 2. The molecule has 2 aliphatic heterocycles. The molecule has 5 rings (SSSR count). The first kappa shape index (κ1) is 20.6. The van der Waals surface area contributed by atoms with E-state index in [9.17, 15) is 9.18 Å². The average Bonchev–Trinajstić information content (AvgIpc) is 3.37. The summed E-state index contributed by atoms with van der Waals surface area (Å²) in [6.45, 7) is 6.68. The zero-order valence-corrected chi connectivity index (χ0v) is 18.8. The van der Waals surface area contributed by atoms with E-state index in [2.05, 4.69) is 10.00 Å². The summed E-state index contributed by atoms with van der Waals surface area (Å²) in [5.74, 6) is -0.0929. The van der Waals surface area contributed by atoms with Gasteiger partial charge in [-0.1, -0.05) is 18.6 Å². The number of carbonyl (C=O) groups excluding carboxylic acids is 1. The highest BCUT2D eigenvalue weighted by atomic mass is 32.1. The number of halogens is 1. The molecule has 0 bridgehead atoms. The van der Waals surface area contributed by atoms with E-state index >= 15 is 0 Å². The van der Waals surface area contributed by atoms with Gasteiger partial charge in [-0.3, -0.25) is 9.48 Å². The molecule has 0 spiro atoms. The predicted molar refractivity (Wildman–Crippen MR) is 122 cm³/mol. The third-order valence-corrected chi connectivity index (χ3v) is 7.86. The number of hydrogen-bond donors (Lipinski definition) is 0. The first-order valence-electron chi connectivity index (χ1n) is 11.3. The molecule has 0 atom stereocenters. The van der Waals surface area contributed by atoms with Crippen LogP contribution in [0, 0.1) is 12.7 Å². The second-order valence-electron chi connectivity index (χ2n) is 8.82. The molecule has 1 aromatic carbocycles. The molecule has 0 radical (unpaired) electrons. The lowest BCUT2D eigenvalue weighted by Gasteiger charge is -2.40. The summed E-state index contributed by atoms with van der Waals surface area (Å²) in [5, 5.41) is 5.69. The van der Waals surface area contributed by atoms with Gasteiger partial charge < -0.3 is 9.80 Å². The maximum Gasteiger partial charge on any atom is 0.264 e. The fourth-order valence-corrected chi connectivity index (χ4v) is 6.09. The van der Waals surface area contributed by atoms with Crippen molar-refractivity contribution in [3.05, 3.63) is 52.3 Å². The Morgan fingerprint density at radius 3 is 2.52 bits per heavy atom. The van der Waals surface area contributed by atoms with E-state index in [0.29, 0.717) is 12.6 Å². The van der Waals surface area contributed by atoms with Crippen LogP contribution >= 0.6 is 11.3 Å². The fraction of sp³-hybridized carbons (Fsp3) is 0.500. The Morgan fingerprint density at radius 1 is 1.10 bits per heavy atom. The number of thiophene rings is 1. The largest absolute Gasteiger partial charge is 0.338 e. The number of aryl methyl sites for hydroxylation is 1. The smallest absolute Gasteiger partial charge is 0.264 e. The highest BCUT2D eigenvalue weighted by Crippen LogP contribution is 2.31. The summed E-state index contributed by atoms with van der Waals surface area (Å²) >= 11 is 1.52. The minimum Gasteiger partial charge on any atom is -0.338 e. The van der Waals surface area contributed by atoms with Crippen molar-refractivity contribution in [2.75, 3.05) is 26.2 Å². The van der Waals surface area contributed by atoms with E-state index in [1.807, 2.05) is 22.6 Å². The molecule has 0 aliphatic carbocycles. The van der Waals surface area contributed by atoms with E-state index in [0.717, 1.165) is 52.3 Å². The molecular weight excluding hydrogens is 411 g/mol. The van der Waals surface area contributed by atoms with Gasteiger partial charge in [0.1, 0.15) is 10.6 Å². The van der Waals surface area contributed by atoms with Crippen LogP contribution in [0.3, 0.4) is 0 Å². The number of hydrogen-bond acceptors (Lipinski definition) is 4. The Morgan fingerprint density at radius 2 is 1.81 bits per heavy atom. The van der Waals surface area contributed by atoms with Crippen molar-refractivity contribution in [1.82, 2.24) is 19.6 Å². The maximum absolute atomic E-state index is 13.2. The molecule has 7 heteroatoms. The summed E-state index contributed by atoms with van der Waals surface area (Å²) in [7, 11) is 0. The molecule has 2 fully saturated rings. The number of rotatable bonds is 4. The quantitative estimate of drug-likeness (QED) is 0.591. The van der Waals surface area contributed by atoms with Crippen molar-refractivity contribution in [3.8, 4) is 0 Å². The van der Waals surface area contributed by atoms with Gasteiger partial charge in [0.15, 0.2) is 0 Å². The molecule has 2 saturated heterocycles. The van der Waals surface area contributed by atoms with Crippen LogP contribution in [0.2, 0.25) is 0 Å². The van der Waals surface area contributed by atoms with E-state index in [1.165, 1.54) is 55.8 Å². The van der Waals surface area contributed by atoms with Gasteiger partial charge in [-0.05, 0) is 69.5 Å². The third kappa shape index (κ3) is 4.26. The van der Waals surface area contributed by atoms with Crippen LogP contribution in [0.5, 0.6) is 0 Å². The summed E-state index contributed by atoms with van der Waals surface area (Å²) in [5.41, 5.74) is 1.92. The zero-order chi connectivity index (χ0) is 21.4. The predicted octanol–water partition coefficient (Wildman–Crippen LogP) is 4.68. The van der Waals surface area contributed by atoms with Gasteiger partial charge in [-0.25, -0.2) is 4.39 Å². The lowest BCUT2D eigenvalue weighted by Crippen LogP contribution is -2.48. The highest BCUT2D eigenvalue weighted by molar-refractivity contribution is 7.20. The number of aromatic nitrogens is 2. The summed E-state index contributed by atoms with van der Waals surface area (Å²) in [4.78, 5) is 19.7. The molecule has 4 heterocycles.